The van der Waals surface area contributed by atoms with Crippen LogP contribution in [-0.2, 0) is 0 Å². The van der Waals surface area contributed by atoms with Gasteiger partial charge in [0.25, 0.3) is 0 Å². The first-order valence-electron chi connectivity index (χ1n) is 6.77. The maximum Gasteiger partial charge on any atom is 0.134 e. The van der Waals surface area contributed by atoms with Gasteiger partial charge in [0.15, 0.2) is 0 Å². The lowest BCUT2D eigenvalue weighted by Crippen LogP contribution is -2.27. The van der Waals surface area contributed by atoms with Gasteiger partial charge in [0, 0.05) is 24.8 Å². The topological polar surface area (TPSA) is 36.4 Å². The van der Waals surface area contributed by atoms with E-state index >= 15 is 0 Å². The summed E-state index contributed by atoms with van der Waals surface area (Å²) in [5, 5.41) is 9.82. The predicted octanol–water partition coefficient (Wildman–Crippen LogP) is 3.01. The van der Waals surface area contributed by atoms with Gasteiger partial charge in [0.1, 0.15) is 5.82 Å². The highest BCUT2D eigenvalue weighted by atomic mass is 16.3. The predicted molar refractivity (Wildman–Crippen MR) is 74.6 cm³/mol. The van der Waals surface area contributed by atoms with Crippen molar-refractivity contribution >= 4 is 5.82 Å². The molecule has 1 aliphatic heterocycles. The van der Waals surface area contributed by atoms with Crippen LogP contribution in [0.2, 0.25) is 0 Å². The third-order valence-corrected chi connectivity index (χ3v) is 3.98. The fraction of sp³-hybridized carbons (Fsp3) is 0.667. The molecule has 2 atom stereocenters. The van der Waals surface area contributed by atoms with E-state index in [0.717, 1.165) is 24.5 Å². The average Bonchev–Trinajstić information content (AvgIpc) is 2.77. The van der Waals surface area contributed by atoms with Crippen molar-refractivity contribution in [3.8, 4) is 0 Å². The van der Waals surface area contributed by atoms with Crippen LogP contribution >= 0.6 is 0 Å². The quantitative estimate of drug-likeness (QED) is 0.874. The van der Waals surface area contributed by atoms with Crippen LogP contribution in [-0.4, -0.2) is 23.2 Å². The monoisotopic (exact) mass is 248 g/mol. The fourth-order valence-corrected chi connectivity index (χ4v) is 2.66. The lowest BCUT2D eigenvalue weighted by atomic mass is 9.80. The summed E-state index contributed by atoms with van der Waals surface area (Å²) in [4.78, 5) is 6.78. The minimum Gasteiger partial charge on any atom is -0.389 e. The van der Waals surface area contributed by atoms with Crippen LogP contribution in [0.3, 0.4) is 0 Å². The van der Waals surface area contributed by atoms with Crippen molar-refractivity contribution in [1.82, 2.24) is 4.98 Å². The molecule has 0 amide bonds. The van der Waals surface area contributed by atoms with E-state index in [2.05, 4.69) is 30.7 Å². The first kappa shape index (κ1) is 13.3. The zero-order chi connectivity index (χ0) is 13.3. The van der Waals surface area contributed by atoms with Gasteiger partial charge in [-0.15, -0.1) is 0 Å². The van der Waals surface area contributed by atoms with Gasteiger partial charge in [-0.05, 0) is 30.7 Å². The van der Waals surface area contributed by atoms with Crippen molar-refractivity contribution in [1.29, 1.82) is 0 Å². The van der Waals surface area contributed by atoms with Crippen LogP contribution in [0.1, 0.15) is 45.8 Å². The number of pyridine rings is 1. The van der Waals surface area contributed by atoms with E-state index in [1.807, 2.05) is 18.3 Å². The standard InChI is InChI=1S/C15H24N2O/c1-11(18)13-6-5-8-16-14(13)17-9-7-12(10-17)15(2,3)4/h5-6,8,11-12,18H,7,9-10H2,1-4H3/t11-,12?/m1/s1. The van der Waals surface area contributed by atoms with Gasteiger partial charge in [0.05, 0.1) is 6.10 Å². The summed E-state index contributed by atoms with van der Waals surface area (Å²) in [6, 6.07) is 3.86. The number of rotatable bonds is 2. The summed E-state index contributed by atoms with van der Waals surface area (Å²) >= 11 is 0. The lowest BCUT2D eigenvalue weighted by molar-refractivity contribution is 0.199. The van der Waals surface area contributed by atoms with Crippen LogP contribution in [0.4, 0.5) is 5.82 Å². The molecule has 0 spiro atoms. The van der Waals surface area contributed by atoms with E-state index in [-0.39, 0.29) is 0 Å². The SMILES string of the molecule is C[C@@H](O)c1cccnc1N1CCC(C(C)(C)C)C1. The van der Waals surface area contributed by atoms with Crippen LogP contribution in [0, 0.1) is 11.3 Å². The highest BCUT2D eigenvalue weighted by Crippen LogP contribution is 2.36. The number of aromatic nitrogens is 1. The number of aliphatic hydroxyl groups is 1. The molecule has 0 bridgehead atoms. The van der Waals surface area contributed by atoms with Crippen LogP contribution in [0.15, 0.2) is 18.3 Å². The molecule has 3 nitrogen and oxygen atoms in total. The molecule has 100 valence electrons. The number of hydrogen-bond acceptors (Lipinski definition) is 3. The second-order valence-corrected chi connectivity index (χ2v) is 6.39. The number of anilines is 1. The molecule has 0 radical (unpaired) electrons. The Hall–Kier alpha value is -1.09. The molecule has 1 saturated heterocycles. The largest absolute Gasteiger partial charge is 0.389 e. The van der Waals surface area contributed by atoms with E-state index in [9.17, 15) is 5.11 Å². The first-order chi connectivity index (χ1) is 8.39. The Bertz CT molecular complexity index is 409. The molecule has 2 rings (SSSR count). The van der Waals surface area contributed by atoms with E-state index in [4.69, 9.17) is 0 Å². The average molecular weight is 248 g/mol. The third-order valence-electron chi connectivity index (χ3n) is 3.98. The van der Waals surface area contributed by atoms with Gasteiger partial charge in [-0.3, -0.25) is 0 Å². The van der Waals surface area contributed by atoms with Gasteiger partial charge in [-0.2, -0.15) is 0 Å². The molecular weight excluding hydrogens is 224 g/mol. The molecule has 1 aromatic rings. The summed E-state index contributed by atoms with van der Waals surface area (Å²) in [5.74, 6) is 1.65. The Morgan fingerprint density at radius 2 is 2.17 bits per heavy atom. The molecule has 0 saturated carbocycles. The summed E-state index contributed by atoms with van der Waals surface area (Å²) in [6.07, 6.45) is 2.56. The highest BCUT2D eigenvalue weighted by molar-refractivity contribution is 5.48. The summed E-state index contributed by atoms with van der Waals surface area (Å²) < 4.78 is 0. The third kappa shape index (κ3) is 2.66. The van der Waals surface area contributed by atoms with Crippen LogP contribution < -0.4 is 4.90 Å². The molecule has 1 aromatic heterocycles. The molecular formula is C15H24N2O. The number of aliphatic hydroxyl groups excluding tert-OH is 1. The van der Waals surface area contributed by atoms with Gasteiger partial charge >= 0.3 is 0 Å². The van der Waals surface area contributed by atoms with Crippen LogP contribution in [0.5, 0.6) is 0 Å². The molecule has 1 unspecified atom stereocenters. The molecule has 1 N–H and O–H groups in total. The summed E-state index contributed by atoms with van der Waals surface area (Å²) in [5.41, 5.74) is 1.28. The zero-order valence-corrected chi connectivity index (χ0v) is 11.8. The van der Waals surface area contributed by atoms with Gasteiger partial charge < -0.3 is 10.0 Å². The molecule has 3 heteroatoms. The van der Waals surface area contributed by atoms with Crippen molar-refractivity contribution in [3.63, 3.8) is 0 Å². The van der Waals surface area contributed by atoms with Crippen molar-refractivity contribution in [2.75, 3.05) is 18.0 Å². The number of nitrogens with zero attached hydrogens (tertiary/aromatic N) is 2. The van der Waals surface area contributed by atoms with E-state index in [1.165, 1.54) is 6.42 Å². The first-order valence-corrected chi connectivity index (χ1v) is 6.77. The molecule has 0 aromatic carbocycles. The minimum absolute atomic E-state index is 0.342. The molecule has 1 fully saturated rings. The van der Waals surface area contributed by atoms with Gasteiger partial charge in [-0.25, -0.2) is 4.98 Å². The Morgan fingerprint density at radius 1 is 1.44 bits per heavy atom. The van der Waals surface area contributed by atoms with E-state index < -0.39 is 6.10 Å². The Labute approximate surface area is 110 Å². The van der Waals surface area contributed by atoms with Gasteiger partial charge in [-0.1, -0.05) is 26.8 Å². The molecule has 2 heterocycles. The zero-order valence-electron chi connectivity index (χ0n) is 11.8. The Kier molecular flexibility index (Phi) is 3.62. The van der Waals surface area contributed by atoms with Gasteiger partial charge in [0.2, 0.25) is 0 Å². The maximum atomic E-state index is 9.82. The van der Waals surface area contributed by atoms with Crippen molar-refractivity contribution in [3.05, 3.63) is 23.9 Å². The second-order valence-electron chi connectivity index (χ2n) is 6.39. The van der Waals surface area contributed by atoms with Crippen molar-refractivity contribution in [2.45, 2.75) is 40.2 Å². The molecule has 0 aliphatic carbocycles. The molecule has 18 heavy (non-hydrogen) atoms. The lowest BCUT2D eigenvalue weighted by Gasteiger charge is -2.28. The van der Waals surface area contributed by atoms with E-state index in [0.29, 0.717) is 11.3 Å². The summed E-state index contributed by atoms with van der Waals surface area (Å²) in [7, 11) is 0. The minimum atomic E-state index is -0.456. The fourth-order valence-electron chi connectivity index (χ4n) is 2.66. The molecule has 1 aliphatic rings. The van der Waals surface area contributed by atoms with Crippen LogP contribution in [0.25, 0.3) is 0 Å². The normalized spacial score (nSPS) is 22.3. The number of hydrogen-bond donors (Lipinski definition) is 1. The second kappa shape index (κ2) is 4.88. The van der Waals surface area contributed by atoms with E-state index in [1.54, 1.807) is 6.92 Å². The highest BCUT2D eigenvalue weighted by Gasteiger charge is 2.33. The van der Waals surface area contributed by atoms with Crippen molar-refractivity contribution < 1.29 is 5.11 Å². The Morgan fingerprint density at radius 3 is 2.72 bits per heavy atom. The Balaban J connectivity index is 2.19. The summed E-state index contributed by atoms with van der Waals surface area (Å²) in [6.45, 7) is 10.8. The smallest absolute Gasteiger partial charge is 0.134 e. The van der Waals surface area contributed by atoms with Crippen molar-refractivity contribution in [2.24, 2.45) is 11.3 Å². The maximum absolute atomic E-state index is 9.82.